The van der Waals surface area contributed by atoms with Crippen molar-refractivity contribution >= 4 is 5.91 Å². The lowest BCUT2D eigenvalue weighted by Gasteiger charge is -2.26. The number of benzene rings is 1. The molecule has 1 unspecified atom stereocenters. The fourth-order valence-electron chi connectivity index (χ4n) is 2.85. The van der Waals surface area contributed by atoms with Crippen LogP contribution < -0.4 is 5.32 Å². The summed E-state index contributed by atoms with van der Waals surface area (Å²) >= 11 is 0. The van der Waals surface area contributed by atoms with Gasteiger partial charge < -0.3 is 15.3 Å². The zero-order chi connectivity index (χ0) is 13.9. The van der Waals surface area contributed by atoms with E-state index in [0.29, 0.717) is 17.5 Å². The number of aromatic hydroxyl groups is 1. The molecule has 1 saturated heterocycles. The molecule has 1 amide bonds. The first kappa shape index (κ1) is 13.4. The Kier molecular flexibility index (Phi) is 3.92. The van der Waals surface area contributed by atoms with Crippen molar-refractivity contribution in [2.45, 2.75) is 31.7 Å². The average molecular weight is 274 g/mol. The SMILES string of the molecule is O=C(c1cccc(O)c1)N(CC1CC1)CC1CCCN1. The zero-order valence-electron chi connectivity index (χ0n) is 11.7. The molecule has 1 atom stereocenters. The van der Waals surface area contributed by atoms with E-state index in [2.05, 4.69) is 5.32 Å². The van der Waals surface area contributed by atoms with Crippen LogP contribution >= 0.6 is 0 Å². The van der Waals surface area contributed by atoms with E-state index in [4.69, 9.17) is 0 Å². The van der Waals surface area contributed by atoms with Gasteiger partial charge in [-0.15, -0.1) is 0 Å². The molecule has 2 N–H and O–H groups in total. The Morgan fingerprint density at radius 1 is 1.30 bits per heavy atom. The first-order chi connectivity index (χ1) is 9.72. The number of amides is 1. The summed E-state index contributed by atoms with van der Waals surface area (Å²) in [6, 6.07) is 7.09. The topological polar surface area (TPSA) is 52.6 Å². The zero-order valence-corrected chi connectivity index (χ0v) is 11.7. The number of nitrogens with one attached hydrogen (secondary N) is 1. The van der Waals surface area contributed by atoms with Crippen molar-refractivity contribution in [1.82, 2.24) is 10.2 Å². The van der Waals surface area contributed by atoms with Gasteiger partial charge >= 0.3 is 0 Å². The molecule has 1 aliphatic heterocycles. The van der Waals surface area contributed by atoms with Crippen LogP contribution in [-0.2, 0) is 0 Å². The Morgan fingerprint density at radius 2 is 2.15 bits per heavy atom. The molecule has 4 nitrogen and oxygen atoms in total. The van der Waals surface area contributed by atoms with Gasteiger partial charge in [-0.05, 0) is 56.3 Å². The van der Waals surface area contributed by atoms with E-state index >= 15 is 0 Å². The molecular weight excluding hydrogens is 252 g/mol. The summed E-state index contributed by atoms with van der Waals surface area (Å²) in [5, 5.41) is 13.0. The summed E-state index contributed by atoms with van der Waals surface area (Å²) in [7, 11) is 0. The van der Waals surface area contributed by atoms with Crippen molar-refractivity contribution < 1.29 is 9.90 Å². The highest BCUT2D eigenvalue weighted by Gasteiger charge is 2.29. The number of hydrogen-bond donors (Lipinski definition) is 2. The number of phenolic OH excluding ortho intramolecular Hbond substituents is 1. The number of nitrogens with zero attached hydrogens (tertiary/aromatic N) is 1. The van der Waals surface area contributed by atoms with Crippen LogP contribution in [0.5, 0.6) is 5.75 Å². The molecule has 108 valence electrons. The van der Waals surface area contributed by atoms with Crippen molar-refractivity contribution in [3.63, 3.8) is 0 Å². The molecule has 2 aliphatic rings. The fourth-order valence-corrected chi connectivity index (χ4v) is 2.85. The average Bonchev–Trinajstić information content (AvgIpc) is 3.11. The Morgan fingerprint density at radius 3 is 2.80 bits per heavy atom. The summed E-state index contributed by atoms with van der Waals surface area (Å²) in [5.74, 6) is 0.875. The van der Waals surface area contributed by atoms with Crippen LogP contribution in [0.3, 0.4) is 0 Å². The van der Waals surface area contributed by atoms with E-state index in [1.54, 1.807) is 24.3 Å². The number of carbonyl (C=O) groups excluding carboxylic acids is 1. The largest absolute Gasteiger partial charge is 0.508 e. The molecule has 0 aromatic heterocycles. The van der Waals surface area contributed by atoms with Gasteiger partial charge in [-0.2, -0.15) is 0 Å². The van der Waals surface area contributed by atoms with Crippen LogP contribution in [0.15, 0.2) is 24.3 Å². The molecule has 0 radical (unpaired) electrons. The minimum Gasteiger partial charge on any atom is -0.508 e. The Hall–Kier alpha value is -1.55. The molecular formula is C16H22N2O2. The molecule has 20 heavy (non-hydrogen) atoms. The third-order valence-electron chi connectivity index (χ3n) is 4.16. The highest BCUT2D eigenvalue weighted by atomic mass is 16.3. The van der Waals surface area contributed by atoms with E-state index in [9.17, 15) is 9.90 Å². The highest BCUT2D eigenvalue weighted by Crippen LogP contribution is 2.30. The summed E-state index contributed by atoms with van der Waals surface area (Å²) in [6.45, 7) is 2.69. The van der Waals surface area contributed by atoms with Crippen molar-refractivity contribution in [2.75, 3.05) is 19.6 Å². The fraction of sp³-hybridized carbons (Fsp3) is 0.562. The minimum absolute atomic E-state index is 0.0431. The van der Waals surface area contributed by atoms with Crippen LogP contribution in [0.1, 0.15) is 36.0 Å². The third-order valence-corrected chi connectivity index (χ3v) is 4.16. The molecule has 4 heteroatoms. The predicted octanol–water partition coefficient (Wildman–Crippen LogP) is 2.00. The van der Waals surface area contributed by atoms with Gasteiger partial charge in [0.1, 0.15) is 5.75 Å². The van der Waals surface area contributed by atoms with Crippen molar-refractivity contribution in [2.24, 2.45) is 5.92 Å². The van der Waals surface area contributed by atoms with Gasteiger partial charge in [0, 0.05) is 24.7 Å². The van der Waals surface area contributed by atoms with Crippen LogP contribution in [0.2, 0.25) is 0 Å². The van der Waals surface area contributed by atoms with E-state index in [1.807, 2.05) is 4.90 Å². The molecule has 0 bridgehead atoms. The van der Waals surface area contributed by atoms with Gasteiger partial charge in [-0.1, -0.05) is 6.07 Å². The summed E-state index contributed by atoms with van der Waals surface area (Å²) < 4.78 is 0. The molecule has 1 saturated carbocycles. The van der Waals surface area contributed by atoms with Crippen LogP contribution in [-0.4, -0.2) is 41.6 Å². The van der Waals surface area contributed by atoms with E-state index in [1.165, 1.54) is 19.3 Å². The smallest absolute Gasteiger partial charge is 0.254 e. The van der Waals surface area contributed by atoms with E-state index < -0.39 is 0 Å². The van der Waals surface area contributed by atoms with Crippen LogP contribution in [0.4, 0.5) is 0 Å². The lowest BCUT2D eigenvalue weighted by Crippen LogP contribution is -2.42. The standard InChI is InChI=1S/C16H22N2O2/c19-15-5-1-3-13(9-15)16(20)18(10-12-6-7-12)11-14-4-2-8-17-14/h1,3,5,9,12,14,17,19H,2,4,6-8,10-11H2. The van der Waals surface area contributed by atoms with E-state index in [0.717, 1.165) is 26.1 Å². The Balaban J connectivity index is 1.71. The summed E-state index contributed by atoms with van der Waals surface area (Å²) in [5.41, 5.74) is 0.587. The first-order valence-corrected chi connectivity index (χ1v) is 7.54. The minimum atomic E-state index is 0.0431. The maximum Gasteiger partial charge on any atom is 0.254 e. The molecule has 1 aromatic rings. The highest BCUT2D eigenvalue weighted by molar-refractivity contribution is 5.94. The molecule has 2 fully saturated rings. The van der Waals surface area contributed by atoms with Crippen LogP contribution in [0.25, 0.3) is 0 Å². The Bertz CT molecular complexity index is 479. The normalized spacial score (nSPS) is 21.9. The van der Waals surface area contributed by atoms with E-state index in [-0.39, 0.29) is 11.7 Å². The predicted molar refractivity (Wildman–Crippen MR) is 77.8 cm³/mol. The maximum absolute atomic E-state index is 12.6. The second-order valence-corrected chi connectivity index (χ2v) is 6.00. The van der Waals surface area contributed by atoms with Crippen LogP contribution in [0, 0.1) is 5.92 Å². The molecule has 3 rings (SSSR count). The van der Waals surface area contributed by atoms with Gasteiger partial charge in [-0.25, -0.2) is 0 Å². The first-order valence-electron chi connectivity index (χ1n) is 7.54. The molecule has 1 heterocycles. The molecule has 1 aromatic carbocycles. The number of hydrogen-bond acceptors (Lipinski definition) is 3. The van der Waals surface area contributed by atoms with Crippen molar-refractivity contribution in [3.8, 4) is 5.75 Å². The van der Waals surface area contributed by atoms with Crippen molar-refractivity contribution in [3.05, 3.63) is 29.8 Å². The molecule has 0 spiro atoms. The Labute approximate surface area is 119 Å². The van der Waals surface area contributed by atoms with Gasteiger partial charge in [0.25, 0.3) is 5.91 Å². The number of phenols is 1. The number of carbonyl (C=O) groups is 1. The maximum atomic E-state index is 12.6. The van der Waals surface area contributed by atoms with Gasteiger partial charge in [-0.3, -0.25) is 4.79 Å². The van der Waals surface area contributed by atoms with Gasteiger partial charge in [0.05, 0.1) is 0 Å². The quantitative estimate of drug-likeness (QED) is 0.863. The number of rotatable bonds is 5. The lowest BCUT2D eigenvalue weighted by atomic mass is 10.1. The third kappa shape index (κ3) is 3.31. The van der Waals surface area contributed by atoms with Gasteiger partial charge in [0.2, 0.25) is 0 Å². The summed E-state index contributed by atoms with van der Waals surface area (Å²) in [4.78, 5) is 14.6. The second-order valence-electron chi connectivity index (χ2n) is 6.00. The summed E-state index contributed by atoms with van der Waals surface area (Å²) in [6.07, 6.45) is 4.82. The monoisotopic (exact) mass is 274 g/mol. The van der Waals surface area contributed by atoms with Crippen molar-refractivity contribution in [1.29, 1.82) is 0 Å². The van der Waals surface area contributed by atoms with Gasteiger partial charge in [0.15, 0.2) is 0 Å². The second kappa shape index (κ2) is 5.83. The lowest BCUT2D eigenvalue weighted by molar-refractivity contribution is 0.0733. The molecule has 1 aliphatic carbocycles.